The Hall–Kier alpha value is -2.17. The van der Waals surface area contributed by atoms with Crippen molar-refractivity contribution in [2.75, 3.05) is 13.1 Å². The summed E-state index contributed by atoms with van der Waals surface area (Å²) in [6.07, 6.45) is 2.62. The molecule has 0 bridgehead atoms. The molecule has 1 aliphatic heterocycles. The highest BCUT2D eigenvalue weighted by Crippen LogP contribution is 2.42. The van der Waals surface area contributed by atoms with Gasteiger partial charge in [-0.15, -0.1) is 5.10 Å². The monoisotopic (exact) mass is 340 g/mol. The Labute approximate surface area is 150 Å². The van der Waals surface area contributed by atoms with E-state index in [4.69, 9.17) is 0 Å². The van der Waals surface area contributed by atoms with Crippen LogP contribution in [0.4, 0.5) is 0 Å². The molecule has 1 aromatic carbocycles. The standard InChI is InChI=1S/C20H28N4O/c1-19(2,3)24-14-21-17(22-24)18(25)23-12-11-20(4,5)16(13-23)15-9-7-6-8-10-15/h6-10,14,16H,11-13H2,1-5H3. The van der Waals surface area contributed by atoms with Crippen molar-refractivity contribution >= 4 is 5.91 Å². The normalized spacial score (nSPS) is 20.5. The van der Waals surface area contributed by atoms with Gasteiger partial charge in [0.25, 0.3) is 5.91 Å². The number of amides is 1. The van der Waals surface area contributed by atoms with E-state index >= 15 is 0 Å². The predicted octanol–water partition coefficient (Wildman–Crippen LogP) is 3.69. The fraction of sp³-hybridized carbons (Fsp3) is 0.550. The number of aromatic nitrogens is 3. The lowest BCUT2D eigenvalue weighted by Crippen LogP contribution is -2.46. The zero-order valence-electron chi connectivity index (χ0n) is 15.9. The van der Waals surface area contributed by atoms with Crippen LogP contribution in [0.25, 0.3) is 0 Å². The molecule has 2 heterocycles. The molecule has 1 aromatic heterocycles. The second-order valence-corrected chi connectivity index (χ2v) is 8.64. The van der Waals surface area contributed by atoms with E-state index in [1.165, 1.54) is 5.56 Å². The average molecular weight is 340 g/mol. The van der Waals surface area contributed by atoms with Crippen LogP contribution in [0.2, 0.25) is 0 Å². The van der Waals surface area contributed by atoms with Crippen molar-refractivity contribution < 1.29 is 4.79 Å². The second-order valence-electron chi connectivity index (χ2n) is 8.64. The van der Waals surface area contributed by atoms with Gasteiger partial charge in [-0.05, 0) is 38.2 Å². The smallest absolute Gasteiger partial charge is 0.293 e. The highest BCUT2D eigenvalue weighted by atomic mass is 16.2. The van der Waals surface area contributed by atoms with Crippen LogP contribution < -0.4 is 0 Å². The van der Waals surface area contributed by atoms with Crippen molar-refractivity contribution in [2.45, 2.75) is 52.5 Å². The summed E-state index contributed by atoms with van der Waals surface area (Å²) in [6.45, 7) is 12.2. The van der Waals surface area contributed by atoms with Gasteiger partial charge in [-0.2, -0.15) is 0 Å². The van der Waals surface area contributed by atoms with Crippen LogP contribution in [0.1, 0.15) is 63.1 Å². The molecule has 25 heavy (non-hydrogen) atoms. The average Bonchev–Trinajstić information content (AvgIpc) is 3.05. The molecule has 0 spiro atoms. The van der Waals surface area contributed by atoms with E-state index in [0.29, 0.717) is 18.3 Å². The van der Waals surface area contributed by atoms with E-state index in [9.17, 15) is 4.79 Å². The van der Waals surface area contributed by atoms with Gasteiger partial charge >= 0.3 is 0 Å². The van der Waals surface area contributed by atoms with Gasteiger partial charge in [0, 0.05) is 19.0 Å². The molecule has 5 heteroatoms. The largest absolute Gasteiger partial charge is 0.335 e. The summed E-state index contributed by atoms with van der Waals surface area (Å²) in [5.41, 5.74) is 1.27. The number of hydrogen-bond donors (Lipinski definition) is 0. The lowest BCUT2D eigenvalue weighted by Gasteiger charge is -2.44. The number of nitrogens with zero attached hydrogens (tertiary/aromatic N) is 4. The number of hydrogen-bond acceptors (Lipinski definition) is 3. The van der Waals surface area contributed by atoms with Crippen molar-refractivity contribution in [1.82, 2.24) is 19.7 Å². The van der Waals surface area contributed by atoms with Gasteiger partial charge in [0.2, 0.25) is 5.82 Å². The third kappa shape index (κ3) is 3.60. The summed E-state index contributed by atoms with van der Waals surface area (Å²) in [6, 6.07) is 10.5. The fourth-order valence-electron chi connectivity index (χ4n) is 3.41. The van der Waals surface area contributed by atoms with Crippen molar-refractivity contribution in [1.29, 1.82) is 0 Å². The molecule has 3 rings (SSSR count). The Morgan fingerprint density at radius 3 is 2.48 bits per heavy atom. The number of benzene rings is 1. The minimum Gasteiger partial charge on any atom is -0.335 e. The molecular weight excluding hydrogens is 312 g/mol. The van der Waals surface area contributed by atoms with Crippen LogP contribution in [0.15, 0.2) is 36.7 Å². The molecule has 134 valence electrons. The molecule has 1 amide bonds. The van der Waals surface area contributed by atoms with Crippen LogP contribution in [0.3, 0.4) is 0 Å². The second kappa shape index (κ2) is 6.28. The molecule has 0 aliphatic carbocycles. The Kier molecular flexibility index (Phi) is 4.43. The fourth-order valence-corrected chi connectivity index (χ4v) is 3.41. The van der Waals surface area contributed by atoms with Gasteiger partial charge in [-0.25, -0.2) is 9.67 Å². The first-order valence-corrected chi connectivity index (χ1v) is 8.95. The molecule has 1 unspecified atom stereocenters. The molecule has 0 radical (unpaired) electrons. The first kappa shape index (κ1) is 17.6. The molecule has 0 saturated carbocycles. The summed E-state index contributed by atoms with van der Waals surface area (Å²) in [7, 11) is 0. The maximum Gasteiger partial charge on any atom is 0.293 e. The van der Waals surface area contributed by atoms with Crippen molar-refractivity contribution in [2.24, 2.45) is 5.41 Å². The van der Waals surface area contributed by atoms with Gasteiger partial charge in [-0.3, -0.25) is 4.79 Å². The zero-order valence-corrected chi connectivity index (χ0v) is 15.9. The molecular formula is C20H28N4O. The van der Waals surface area contributed by atoms with E-state index in [0.717, 1.165) is 13.0 Å². The van der Waals surface area contributed by atoms with E-state index in [-0.39, 0.29) is 16.9 Å². The number of carbonyl (C=O) groups excluding carboxylic acids is 1. The number of carbonyl (C=O) groups is 1. The SMILES string of the molecule is CC1(C)CCN(C(=O)c2ncn(C(C)(C)C)n2)CC1c1ccccc1. The summed E-state index contributed by atoms with van der Waals surface area (Å²) in [4.78, 5) is 19.1. The molecule has 0 N–H and O–H groups in total. The Morgan fingerprint density at radius 2 is 1.88 bits per heavy atom. The van der Waals surface area contributed by atoms with E-state index in [2.05, 4.69) is 48.2 Å². The van der Waals surface area contributed by atoms with E-state index in [1.54, 1.807) is 11.0 Å². The Balaban J connectivity index is 1.81. The highest BCUT2D eigenvalue weighted by molar-refractivity contribution is 5.90. The van der Waals surface area contributed by atoms with Crippen LogP contribution in [-0.4, -0.2) is 38.7 Å². The molecule has 1 aliphatic rings. The van der Waals surface area contributed by atoms with Crippen LogP contribution in [0, 0.1) is 5.41 Å². The van der Waals surface area contributed by atoms with E-state index in [1.807, 2.05) is 31.7 Å². The first-order chi connectivity index (χ1) is 11.7. The predicted molar refractivity (Wildman–Crippen MR) is 98.5 cm³/mol. The first-order valence-electron chi connectivity index (χ1n) is 8.95. The van der Waals surface area contributed by atoms with Gasteiger partial charge in [0.05, 0.1) is 5.54 Å². The zero-order chi connectivity index (χ0) is 18.2. The van der Waals surface area contributed by atoms with Crippen molar-refractivity contribution in [3.63, 3.8) is 0 Å². The van der Waals surface area contributed by atoms with Crippen LogP contribution in [0.5, 0.6) is 0 Å². The maximum atomic E-state index is 12.9. The lowest BCUT2D eigenvalue weighted by atomic mass is 9.70. The molecule has 5 nitrogen and oxygen atoms in total. The van der Waals surface area contributed by atoms with Crippen LogP contribution >= 0.6 is 0 Å². The Morgan fingerprint density at radius 1 is 1.20 bits per heavy atom. The number of rotatable bonds is 2. The van der Waals surface area contributed by atoms with Crippen molar-refractivity contribution in [3.8, 4) is 0 Å². The van der Waals surface area contributed by atoms with Crippen LogP contribution in [-0.2, 0) is 5.54 Å². The molecule has 2 aromatic rings. The quantitative estimate of drug-likeness (QED) is 0.838. The van der Waals surface area contributed by atoms with Gasteiger partial charge < -0.3 is 4.90 Å². The maximum absolute atomic E-state index is 12.9. The molecule has 1 fully saturated rings. The molecule has 1 atom stereocenters. The summed E-state index contributed by atoms with van der Waals surface area (Å²) in [5, 5.41) is 4.41. The summed E-state index contributed by atoms with van der Waals surface area (Å²) < 4.78 is 1.75. The number of piperidine rings is 1. The Bertz CT molecular complexity index is 743. The minimum absolute atomic E-state index is 0.0700. The summed E-state index contributed by atoms with van der Waals surface area (Å²) >= 11 is 0. The van der Waals surface area contributed by atoms with Crippen molar-refractivity contribution in [3.05, 3.63) is 48.0 Å². The van der Waals surface area contributed by atoms with Gasteiger partial charge in [0.15, 0.2) is 0 Å². The third-order valence-electron chi connectivity index (χ3n) is 5.23. The highest BCUT2D eigenvalue weighted by Gasteiger charge is 2.38. The van der Waals surface area contributed by atoms with E-state index < -0.39 is 0 Å². The van der Waals surface area contributed by atoms with Gasteiger partial charge in [-0.1, -0.05) is 44.2 Å². The lowest BCUT2D eigenvalue weighted by molar-refractivity contribution is 0.0555. The van der Waals surface area contributed by atoms with Gasteiger partial charge in [0.1, 0.15) is 6.33 Å². The minimum atomic E-state index is -0.179. The molecule has 1 saturated heterocycles. The third-order valence-corrected chi connectivity index (χ3v) is 5.23. The summed E-state index contributed by atoms with van der Waals surface area (Å²) in [5.74, 6) is 0.539. The number of likely N-dealkylation sites (tertiary alicyclic amines) is 1. The topological polar surface area (TPSA) is 51.0 Å².